The summed E-state index contributed by atoms with van der Waals surface area (Å²) in [5.74, 6) is -1.41. The zero-order valence-corrected chi connectivity index (χ0v) is 8.38. The molecule has 88 valence electrons. The van der Waals surface area contributed by atoms with Gasteiger partial charge in [0.05, 0.1) is 5.56 Å². The Morgan fingerprint density at radius 2 is 2.00 bits per heavy atom. The Hall–Kier alpha value is -1.56. The van der Waals surface area contributed by atoms with Crippen molar-refractivity contribution in [1.82, 2.24) is 0 Å². The third kappa shape index (κ3) is 2.33. The first-order chi connectivity index (χ1) is 7.25. The fourth-order valence-electron chi connectivity index (χ4n) is 1.42. The van der Waals surface area contributed by atoms with E-state index in [-0.39, 0.29) is 11.1 Å². The maximum absolute atomic E-state index is 12.4. The fourth-order valence-corrected chi connectivity index (χ4v) is 1.42. The summed E-state index contributed by atoms with van der Waals surface area (Å²) in [5, 5.41) is 8.84. The predicted molar refractivity (Wildman–Crippen MR) is 51.1 cm³/mol. The maximum Gasteiger partial charge on any atom is 0.407 e. The van der Waals surface area contributed by atoms with Gasteiger partial charge >= 0.3 is 12.1 Å². The standard InChI is InChI=1S/C10H10F3NO2/c1-5-3-2-4-6(7(5)9(15)16)8(14)10(11,12)13/h2-4,8H,14H2,1H3,(H,15,16)/t8-/m1/s1. The summed E-state index contributed by atoms with van der Waals surface area (Å²) >= 11 is 0. The molecular weight excluding hydrogens is 223 g/mol. The lowest BCUT2D eigenvalue weighted by Crippen LogP contribution is -2.30. The van der Waals surface area contributed by atoms with Gasteiger partial charge in [0.1, 0.15) is 6.04 Å². The van der Waals surface area contributed by atoms with E-state index < -0.39 is 23.8 Å². The first kappa shape index (κ1) is 12.5. The molecule has 0 aromatic heterocycles. The summed E-state index contributed by atoms with van der Waals surface area (Å²) in [6.07, 6.45) is -4.65. The number of aryl methyl sites for hydroxylation is 1. The number of rotatable bonds is 2. The molecule has 1 rings (SSSR count). The Morgan fingerprint density at radius 1 is 1.44 bits per heavy atom. The Kier molecular flexibility index (Phi) is 3.23. The summed E-state index contributed by atoms with van der Waals surface area (Å²) in [7, 11) is 0. The van der Waals surface area contributed by atoms with E-state index in [1.807, 2.05) is 0 Å². The van der Waals surface area contributed by atoms with Crippen molar-refractivity contribution in [2.45, 2.75) is 19.1 Å². The van der Waals surface area contributed by atoms with E-state index >= 15 is 0 Å². The van der Waals surface area contributed by atoms with Gasteiger partial charge in [0.2, 0.25) is 0 Å². The smallest absolute Gasteiger partial charge is 0.407 e. The number of carbonyl (C=O) groups is 1. The van der Waals surface area contributed by atoms with E-state index in [1.54, 1.807) is 0 Å². The van der Waals surface area contributed by atoms with Crippen molar-refractivity contribution >= 4 is 5.97 Å². The van der Waals surface area contributed by atoms with E-state index in [1.165, 1.54) is 19.1 Å². The predicted octanol–water partition coefficient (Wildman–Crippen LogP) is 2.26. The van der Waals surface area contributed by atoms with Crippen molar-refractivity contribution in [1.29, 1.82) is 0 Å². The molecule has 0 aliphatic heterocycles. The third-order valence-electron chi connectivity index (χ3n) is 2.21. The lowest BCUT2D eigenvalue weighted by Gasteiger charge is -2.18. The summed E-state index contributed by atoms with van der Waals surface area (Å²) in [5.41, 5.74) is 4.45. The zero-order chi connectivity index (χ0) is 12.5. The molecule has 0 saturated carbocycles. The topological polar surface area (TPSA) is 63.3 Å². The van der Waals surface area contributed by atoms with Crippen molar-refractivity contribution in [3.05, 3.63) is 34.9 Å². The highest BCUT2D eigenvalue weighted by Crippen LogP contribution is 2.33. The number of nitrogens with two attached hydrogens (primary N) is 1. The first-order valence-electron chi connectivity index (χ1n) is 4.40. The monoisotopic (exact) mass is 233 g/mol. The zero-order valence-electron chi connectivity index (χ0n) is 8.38. The van der Waals surface area contributed by atoms with Gasteiger partial charge in [0.15, 0.2) is 0 Å². The molecule has 0 fully saturated rings. The van der Waals surface area contributed by atoms with Gasteiger partial charge in [0.25, 0.3) is 0 Å². The summed E-state index contributed by atoms with van der Waals surface area (Å²) in [4.78, 5) is 10.9. The second-order valence-corrected chi connectivity index (χ2v) is 3.36. The summed E-state index contributed by atoms with van der Waals surface area (Å²) < 4.78 is 37.2. The molecule has 6 heteroatoms. The molecule has 1 atom stereocenters. The van der Waals surface area contributed by atoms with Crippen LogP contribution >= 0.6 is 0 Å². The normalized spacial score (nSPS) is 13.6. The van der Waals surface area contributed by atoms with Gasteiger partial charge in [-0.3, -0.25) is 0 Å². The van der Waals surface area contributed by atoms with Crippen LogP contribution in [0.1, 0.15) is 27.5 Å². The average Bonchev–Trinajstić information content (AvgIpc) is 2.14. The van der Waals surface area contributed by atoms with Gasteiger partial charge in [-0.25, -0.2) is 4.79 Å². The van der Waals surface area contributed by atoms with Crippen LogP contribution in [0.4, 0.5) is 13.2 Å². The molecule has 1 aromatic rings. The van der Waals surface area contributed by atoms with Gasteiger partial charge in [-0.05, 0) is 18.1 Å². The van der Waals surface area contributed by atoms with Crippen molar-refractivity contribution in [2.24, 2.45) is 5.73 Å². The molecule has 0 saturated heterocycles. The lowest BCUT2D eigenvalue weighted by molar-refractivity contribution is -0.149. The van der Waals surface area contributed by atoms with Crippen LogP contribution < -0.4 is 5.73 Å². The molecule has 0 radical (unpaired) electrons. The molecule has 0 aliphatic rings. The van der Waals surface area contributed by atoms with Crippen LogP contribution in [0.15, 0.2) is 18.2 Å². The molecule has 0 spiro atoms. The molecule has 0 bridgehead atoms. The number of aromatic carboxylic acids is 1. The number of alkyl halides is 3. The molecule has 3 nitrogen and oxygen atoms in total. The number of carboxylic acids is 1. The van der Waals surface area contributed by atoms with Crippen LogP contribution in [0.25, 0.3) is 0 Å². The molecule has 0 heterocycles. The first-order valence-corrected chi connectivity index (χ1v) is 4.40. The van der Waals surface area contributed by atoms with Gasteiger partial charge < -0.3 is 10.8 Å². The molecular formula is C10H10F3NO2. The highest BCUT2D eigenvalue weighted by atomic mass is 19.4. The largest absolute Gasteiger partial charge is 0.478 e. The van der Waals surface area contributed by atoms with Crippen LogP contribution in [0, 0.1) is 6.92 Å². The molecule has 0 unspecified atom stereocenters. The van der Waals surface area contributed by atoms with Crippen LogP contribution in [0.5, 0.6) is 0 Å². The number of hydrogen-bond acceptors (Lipinski definition) is 2. The van der Waals surface area contributed by atoms with Gasteiger partial charge in [0, 0.05) is 0 Å². The number of hydrogen-bond donors (Lipinski definition) is 2. The number of benzene rings is 1. The average molecular weight is 233 g/mol. The Bertz CT molecular complexity index is 415. The van der Waals surface area contributed by atoms with Crippen LogP contribution in [-0.4, -0.2) is 17.3 Å². The lowest BCUT2D eigenvalue weighted by atomic mass is 9.96. The number of halogens is 3. The Balaban J connectivity index is 3.34. The maximum atomic E-state index is 12.4. The van der Waals surface area contributed by atoms with E-state index in [0.29, 0.717) is 0 Å². The molecule has 16 heavy (non-hydrogen) atoms. The second kappa shape index (κ2) is 4.13. The minimum Gasteiger partial charge on any atom is -0.478 e. The minimum absolute atomic E-state index is 0.254. The van der Waals surface area contributed by atoms with Gasteiger partial charge in [-0.15, -0.1) is 0 Å². The SMILES string of the molecule is Cc1cccc([C@@H](N)C(F)(F)F)c1C(=O)O. The third-order valence-corrected chi connectivity index (χ3v) is 2.21. The Labute approximate surface area is 89.7 Å². The van der Waals surface area contributed by atoms with Crippen molar-refractivity contribution < 1.29 is 23.1 Å². The molecule has 1 aromatic carbocycles. The van der Waals surface area contributed by atoms with Crippen molar-refractivity contribution in [3.8, 4) is 0 Å². The van der Waals surface area contributed by atoms with Gasteiger partial charge in [-0.1, -0.05) is 18.2 Å². The number of carboxylic acid groups (broad SMARTS) is 1. The van der Waals surface area contributed by atoms with Crippen LogP contribution in [-0.2, 0) is 0 Å². The van der Waals surface area contributed by atoms with E-state index in [0.717, 1.165) is 6.07 Å². The summed E-state index contributed by atoms with van der Waals surface area (Å²) in [6, 6.07) is 1.58. The van der Waals surface area contributed by atoms with E-state index in [9.17, 15) is 18.0 Å². The van der Waals surface area contributed by atoms with E-state index in [2.05, 4.69) is 0 Å². The van der Waals surface area contributed by atoms with Crippen molar-refractivity contribution in [3.63, 3.8) is 0 Å². The van der Waals surface area contributed by atoms with Crippen LogP contribution in [0.3, 0.4) is 0 Å². The fraction of sp³-hybridized carbons (Fsp3) is 0.300. The second-order valence-electron chi connectivity index (χ2n) is 3.36. The minimum atomic E-state index is -4.65. The van der Waals surface area contributed by atoms with Crippen molar-refractivity contribution in [2.75, 3.05) is 0 Å². The highest BCUT2D eigenvalue weighted by molar-refractivity contribution is 5.91. The summed E-state index contributed by atoms with van der Waals surface area (Å²) in [6.45, 7) is 1.43. The molecule has 0 amide bonds. The van der Waals surface area contributed by atoms with Gasteiger partial charge in [-0.2, -0.15) is 13.2 Å². The molecule has 3 N–H and O–H groups in total. The Morgan fingerprint density at radius 3 is 2.44 bits per heavy atom. The van der Waals surface area contributed by atoms with E-state index in [4.69, 9.17) is 10.8 Å². The quantitative estimate of drug-likeness (QED) is 0.823. The van der Waals surface area contributed by atoms with Crippen LogP contribution in [0.2, 0.25) is 0 Å². The highest BCUT2D eigenvalue weighted by Gasteiger charge is 2.39. The molecule has 0 aliphatic carbocycles.